The SMILES string of the molecule is CCOP(=O)(OCC)C(C#N)C(C)C. The summed E-state index contributed by atoms with van der Waals surface area (Å²) >= 11 is 0. The first-order chi connectivity index (χ1) is 6.51. The van der Waals surface area contributed by atoms with E-state index in [-0.39, 0.29) is 5.92 Å². The summed E-state index contributed by atoms with van der Waals surface area (Å²) in [5, 5.41) is 8.90. The second-order valence-electron chi connectivity index (χ2n) is 3.19. The number of hydrogen-bond donors (Lipinski definition) is 0. The lowest BCUT2D eigenvalue weighted by molar-refractivity contribution is 0.211. The molecule has 0 rings (SSSR count). The van der Waals surface area contributed by atoms with Crippen LogP contribution in [0.15, 0.2) is 0 Å². The highest BCUT2D eigenvalue weighted by atomic mass is 31.2. The molecular formula is C9H18NO3P. The molecule has 0 heterocycles. The molecule has 0 aliphatic heterocycles. The van der Waals surface area contributed by atoms with Gasteiger partial charge in [0, 0.05) is 0 Å². The van der Waals surface area contributed by atoms with Crippen LogP contribution in [0.3, 0.4) is 0 Å². The summed E-state index contributed by atoms with van der Waals surface area (Å²) in [6.45, 7) is 7.72. The van der Waals surface area contributed by atoms with Crippen molar-refractivity contribution >= 4 is 7.60 Å². The maximum Gasteiger partial charge on any atom is 0.347 e. The first-order valence-electron chi connectivity index (χ1n) is 4.80. The van der Waals surface area contributed by atoms with Crippen LogP contribution in [0.1, 0.15) is 27.7 Å². The van der Waals surface area contributed by atoms with Gasteiger partial charge in [-0.15, -0.1) is 0 Å². The highest BCUT2D eigenvalue weighted by molar-refractivity contribution is 7.55. The molecule has 0 saturated carbocycles. The van der Waals surface area contributed by atoms with Gasteiger partial charge in [-0.05, 0) is 19.8 Å². The summed E-state index contributed by atoms with van der Waals surface area (Å²) in [6.07, 6.45) is 0. The fourth-order valence-corrected chi connectivity index (χ4v) is 3.13. The molecule has 14 heavy (non-hydrogen) atoms. The Morgan fingerprint density at radius 1 is 1.29 bits per heavy atom. The molecule has 0 aliphatic rings. The molecule has 0 amide bonds. The van der Waals surface area contributed by atoms with Crippen LogP contribution in [0.4, 0.5) is 0 Å². The van der Waals surface area contributed by atoms with E-state index in [0.717, 1.165) is 0 Å². The molecule has 0 N–H and O–H groups in total. The molecule has 82 valence electrons. The lowest BCUT2D eigenvalue weighted by Gasteiger charge is -2.23. The zero-order valence-corrected chi connectivity index (χ0v) is 10.1. The first kappa shape index (κ1) is 13.6. The van der Waals surface area contributed by atoms with E-state index >= 15 is 0 Å². The fraction of sp³-hybridized carbons (Fsp3) is 0.889. The maximum atomic E-state index is 12.1. The summed E-state index contributed by atoms with van der Waals surface area (Å²) in [5.74, 6) is -0.0380. The van der Waals surface area contributed by atoms with Crippen LogP contribution in [0.2, 0.25) is 0 Å². The number of hydrogen-bond acceptors (Lipinski definition) is 4. The van der Waals surface area contributed by atoms with Crippen molar-refractivity contribution in [1.29, 1.82) is 5.26 Å². The predicted octanol–water partition coefficient (Wildman–Crippen LogP) is 2.80. The summed E-state index contributed by atoms with van der Waals surface area (Å²) < 4.78 is 22.3. The average Bonchev–Trinajstić information content (AvgIpc) is 2.04. The molecular weight excluding hydrogens is 201 g/mol. The standard InChI is InChI=1S/C9H18NO3P/c1-5-12-14(11,13-6-2)9(7-10)8(3)4/h8-9H,5-6H2,1-4H3. The Hall–Kier alpha value is -0.360. The van der Waals surface area contributed by atoms with E-state index in [9.17, 15) is 4.57 Å². The highest BCUT2D eigenvalue weighted by Gasteiger charge is 2.37. The van der Waals surface area contributed by atoms with Crippen molar-refractivity contribution in [3.05, 3.63) is 0 Å². The number of rotatable bonds is 6. The van der Waals surface area contributed by atoms with Crippen LogP contribution >= 0.6 is 7.60 Å². The minimum Gasteiger partial charge on any atom is -0.308 e. The Kier molecular flexibility index (Phi) is 6.03. The molecule has 0 aliphatic carbocycles. The third-order valence-corrected chi connectivity index (χ3v) is 4.35. The van der Waals surface area contributed by atoms with Gasteiger partial charge in [0.2, 0.25) is 0 Å². The summed E-state index contributed by atoms with van der Waals surface area (Å²) in [7, 11) is -3.25. The molecule has 0 fully saturated rings. The van der Waals surface area contributed by atoms with Crippen LogP contribution in [0.5, 0.6) is 0 Å². The molecule has 0 aromatic heterocycles. The van der Waals surface area contributed by atoms with Crippen LogP contribution < -0.4 is 0 Å². The lowest BCUT2D eigenvalue weighted by atomic mass is 10.1. The van der Waals surface area contributed by atoms with Gasteiger partial charge in [0.1, 0.15) is 0 Å². The normalized spacial score (nSPS) is 14.0. The third-order valence-electron chi connectivity index (χ3n) is 1.72. The quantitative estimate of drug-likeness (QED) is 0.644. The van der Waals surface area contributed by atoms with Gasteiger partial charge in [0.05, 0.1) is 19.3 Å². The zero-order chi connectivity index (χ0) is 11.2. The van der Waals surface area contributed by atoms with E-state index in [0.29, 0.717) is 13.2 Å². The fourth-order valence-electron chi connectivity index (χ4n) is 1.14. The van der Waals surface area contributed by atoms with Crippen molar-refractivity contribution in [2.75, 3.05) is 13.2 Å². The maximum absolute atomic E-state index is 12.1. The van der Waals surface area contributed by atoms with Crippen LogP contribution in [0, 0.1) is 17.2 Å². The largest absolute Gasteiger partial charge is 0.347 e. The first-order valence-corrected chi connectivity index (χ1v) is 6.41. The topological polar surface area (TPSA) is 59.3 Å². The minimum absolute atomic E-state index is 0.0380. The predicted molar refractivity (Wildman–Crippen MR) is 55.1 cm³/mol. The molecule has 0 bridgehead atoms. The van der Waals surface area contributed by atoms with Crippen molar-refractivity contribution in [1.82, 2.24) is 0 Å². The van der Waals surface area contributed by atoms with E-state index in [2.05, 4.69) is 0 Å². The zero-order valence-electron chi connectivity index (χ0n) is 9.19. The van der Waals surface area contributed by atoms with Gasteiger partial charge in [0.25, 0.3) is 0 Å². The molecule has 0 aromatic carbocycles. The molecule has 0 spiro atoms. The monoisotopic (exact) mass is 219 g/mol. The molecule has 0 aromatic rings. The van der Waals surface area contributed by atoms with Gasteiger partial charge in [-0.3, -0.25) is 4.57 Å². The Balaban J connectivity index is 4.79. The van der Waals surface area contributed by atoms with Gasteiger partial charge in [-0.1, -0.05) is 13.8 Å². The third kappa shape index (κ3) is 3.42. The van der Waals surface area contributed by atoms with Crippen molar-refractivity contribution in [3.63, 3.8) is 0 Å². The Morgan fingerprint density at radius 2 is 1.71 bits per heavy atom. The van der Waals surface area contributed by atoms with E-state index in [1.807, 2.05) is 19.9 Å². The van der Waals surface area contributed by atoms with Crippen LogP contribution in [-0.4, -0.2) is 18.9 Å². The molecule has 1 unspecified atom stereocenters. The van der Waals surface area contributed by atoms with Gasteiger partial charge >= 0.3 is 7.60 Å². The molecule has 4 nitrogen and oxygen atoms in total. The molecule has 0 saturated heterocycles. The summed E-state index contributed by atoms with van der Waals surface area (Å²) in [6, 6.07) is 2.00. The minimum atomic E-state index is -3.25. The Morgan fingerprint density at radius 3 is 1.93 bits per heavy atom. The van der Waals surface area contributed by atoms with Crippen molar-refractivity contribution < 1.29 is 13.6 Å². The highest BCUT2D eigenvalue weighted by Crippen LogP contribution is 2.55. The van der Waals surface area contributed by atoms with Crippen molar-refractivity contribution in [2.45, 2.75) is 33.4 Å². The van der Waals surface area contributed by atoms with Crippen LogP contribution in [0.25, 0.3) is 0 Å². The van der Waals surface area contributed by atoms with Gasteiger partial charge in [-0.25, -0.2) is 0 Å². The average molecular weight is 219 g/mol. The molecule has 5 heteroatoms. The van der Waals surface area contributed by atoms with Gasteiger partial charge < -0.3 is 9.05 Å². The van der Waals surface area contributed by atoms with Crippen molar-refractivity contribution in [2.24, 2.45) is 5.92 Å². The van der Waals surface area contributed by atoms with Gasteiger partial charge in [-0.2, -0.15) is 5.26 Å². The summed E-state index contributed by atoms with van der Waals surface area (Å²) in [4.78, 5) is 0. The van der Waals surface area contributed by atoms with E-state index in [4.69, 9.17) is 14.3 Å². The number of nitrogens with zero attached hydrogens (tertiary/aromatic N) is 1. The van der Waals surface area contributed by atoms with E-state index in [1.54, 1.807) is 13.8 Å². The second-order valence-corrected chi connectivity index (χ2v) is 5.35. The van der Waals surface area contributed by atoms with Crippen LogP contribution in [-0.2, 0) is 13.6 Å². The van der Waals surface area contributed by atoms with E-state index < -0.39 is 13.3 Å². The van der Waals surface area contributed by atoms with E-state index in [1.165, 1.54) is 0 Å². The lowest BCUT2D eigenvalue weighted by Crippen LogP contribution is -2.17. The van der Waals surface area contributed by atoms with Gasteiger partial charge in [0.15, 0.2) is 5.66 Å². The molecule has 0 radical (unpaired) electrons. The molecule has 1 atom stereocenters. The Bertz CT molecular complexity index is 237. The second kappa shape index (κ2) is 6.19. The number of nitriles is 1. The smallest absolute Gasteiger partial charge is 0.308 e. The summed E-state index contributed by atoms with van der Waals surface area (Å²) in [5.41, 5.74) is -0.678. The Labute approximate surface area is 85.7 Å². The van der Waals surface area contributed by atoms with Crippen molar-refractivity contribution in [3.8, 4) is 6.07 Å².